The lowest BCUT2D eigenvalue weighted by Crippen LogP contribution is -2.32. The van der Waals surface area contributed by atoms with Crippen LogP contribution < -0.4 is 0 Å². The van der Waals surface area contributed by atoms with Crippen LogP contribution in [-0.2, 0) is 9.59 Å². The highest BCUT2D eigenvalue weighted by atomic mass is 32.1. The molecule has 1 fully saturated rings. The first kappa shape index (κ1) is 11.7. The van der Waals surface area contributed by atoms with Gasteiger partial charge in [-0.1, -0.05) is 13.8 Å². The van der Waals surface area contributed by atoms with Crippen LogP contribution in [0.1, 0.15) is 33.1 Å². The van der Waals surface area contributed by atoms with Gasteiger partial charge in [-0.3, -0.25) is 4.79 Å². The molecule has 0 amide bonds. The molecule has 2 nitrogen and oxygen atoms in total. The van der Waals surface area contributed by atoms with Crippen LogP contribution in [0.5, 0.6) is 0 Å². The maximum Gasteiger partial charge on any atom is 0.133 e. The fraction of sp³-hybridized carbons (Fsp3) is 0.778. The van der Waals surface area contributed by atoms with Gasteiger partial charge in [0.25, 0.3) is 0 Å². The number of aldehydes is 1. The van der Waals surface area contributed by atoms with Gasteiger partial charge in [0.2, 0.25) is 0 Å². The summed E-state index contributed by atoms with van der Waals surface area (Å²) in [4.78, 5) is 21.5. The number of hydrogen-bond donors (Lipinski definition) is 0. The molecule has 0 radical (unpaired) electrons. The second-order valence-corrected chi connectivity index (χ2v) is 3.97. The predicted octanol–water partition coefficient (Wildman–Crippen LogP) is 1.69. The minimum Gasteiger partial charge on any atom is -0.303 e. The van der Waals surface area contributed by atoms with E-state index in [2.05, 4.69) is 13.8 Å². The summed E-state index contributed by atoms with van der Waals surface area (Å²) in [5, 5.41) is 0. The number of carbonyl (C=O) groups is 2. The van der Waals surface area contributed by atoms with Gasteiger partial charge < -0.3 is 4.79 Å². The van der Waals surface area contributed by atoms with E-state index in [1.807, 2.05) is 0 Å². The van der Waals surface area contributed by atoms with Crippen molar-refractivity contribution in [1.82, 2.24) is 0 Å². The molecule has 70 valence electrons. The van der Waals surface area contributed by atoms with E-state index in [-0.39, 0.29) is 30.6 Å². The minimum absolute atomic E-state index is 0. The summed E-state index contributed by atoms with van der Waals surface area (Å²) in [6.45, 7) is 4.11. The van der Waals surface area contributed by atoms with Crippen molar-refractivity contribution < 1.29 is 9.59 Å². The van der Waals surface area contributed by atoms with E-state index in [1.54, 1.807) is 0 Å². The normalized spacial score (nSPS) is 27.5. The molecule has 1 aliphatic carbocycles. The Bertz CT molecular complexity index is 187. The van der Waals surface area contributed by atoms with Gasteiger partial charge >= 0.3 is 0 Å². The molecule has 3 heteroatoms. The van der Waals surface area contributed by atoms with Gasteiger partial charge in [-0.05, 0) is 11.8 Å². The largest absolute Gasteiger partial charge is 0.303 e. The summed E-state index contributed by atoms with van der Waals surface area (Å²) in [5.41, 5.74) is 0.0374. The molecule has 0 aliphatic heterocycles. The molecule has 1 rings (SSSR count). The van der Waals surface area contributed by atoms with Crippen LogP contribution in [0.15, 0.2) is 0 Å². The van der Waals surface area contributed by atoms with Gasteiger partial charge in [0.05, 0.1) is 0 Å². The Morgan fingerprint density at radius 3 is 2.50 bits per heavy atom. The third-order valence-corrected chi connectivity index (χ3v) is 2.66. The zero-order chi connectivity index (χ0) is 8.48. The quantitative estimate of drug-likeness (QED) is 0.587. The molecule has 0 saturated heterocycles. The standard InChI is InChI=1S/C9H14O2.H2S/c1-9(2)4-3-8(11)5-7(9)6-10;/h6-7H,3-5H2,1-2H3;1H2/t7-;/m1./s1. The molecule has 1 saturated carbocycles. The molecule has 0 N–H and O–H groups in total. The number of carbonyl (C=O) groups excluding carboxylic acids is 2. The van der Waals surface area contributed by atoms with E-state index in [4.69, 9.17) is 0 Å². The maximum absolute atomic E-state index is 11.0. The topological polar surface area (TPSA) is 34.1 Å². The van der Waals surface area contributed by atoms with Crippen molar-refractivity contribution in [3.63, 3.8) is 0 Å². The average Bonchev–Trinajstić information content (AvgIpc) is 1.94. The molecule has 0 heterocycles. The van der Waals surface area contributed by atoms with E-state index in [9.17, 15) is 9.59 Å². The van der Waals surface area contributed by atoms with Gasteiger partial charge in [0.1, 0.15) is 12.1 Å². The highest BCUT2D eigenvalue weighted by Gasteiger charge is 2.35. The summed E-state index contributed by atoms with van der Waals surface area (Å²) in [5.74, 6) is 0.185. The summed E-state index contributed by atoms with van der Waals surface area (Å²) in [7, 11) is 0. The zero-order valence-electron chi connectivity index (χ0n) is 7.59. The minimum atomic E-state index is -0.0521. The van der Waals surface area contributed by atoms with Crippen LogP contribution in [0.25, 0.3) is 0 Å². The van der Waals surface area contributed by atoms with Gasteiger partial charge in [0.15, 0.2) is 0 Å². The number of rotatable bonds is 1. The van der Waals surface area contributed by atoms with Crippen molar-refractivity contribution >= 4 is 25.6 Å². The second kappa shape index (κ2) is 4.08. The Morgan fingerprint density at radius 2 is 2.08 bits per heavy atom. The zero-order valence-corrected chi connectivity index (χ0v) is 8.59. The van der Waals surface area contributed by atoms with Gasteiger partial charge in [-0.2, -0.15) is 13.5 Å². The molecule has 0 bridgehead atoms. The third kappa shape index (κ3) is 2.34. The molecule has 1 aliphatic rings. The van der Waals surface area contributed by atoms with Crippen LogP contribution in [0.2, 0.25) is 0 Å². The summed E-state index contributed by atoms with van der Waals surface area (Å²) < 4.78 is 0. The van der Waals surface area contributed by atoms with Crippen molar-refractivity contribution in [2.75, 3.05) is 0 Å². The van der Waals surface area contributed by atoms with E-state index in [0.717, 1.165) is 12.7 Å². The van der Waals surface area contributed by atoms with E-state index in [0.29, 0.717) is 12.8 Å². The van der Waals surface area contributed by atoms with Gasteiger partial charge in [0, 0.05) is 18.8 Å². The first-order valence-corrected chi connectivity index (χ1v) is 4.03. The Labute approximate surface area is 80.2 Å². The predicted molar refractivity (Wildman–Crippen MR) is 52.6 cm³/mol. The van der Waals surface area contributed by atoms with E-state index < -0.39 is 0 Å². The van der Waals surface area contributed by atoms with Crippen LogP contribution in [0.3, 0.4) is 0 Å². The first-order valence-electron chi connectivity index (χ1n) is 4.03. The van der Waals surface area contributed by atoms with Gasteiger partial charge in [-0.25, -0.2) is 0 Å². The fourth-order valence-electron chi connectivity index (χ4n) is 1.50. The SMILES string of the molecule is CC1(C)CCC(=O)C[C@@H]1C=O.S. The Hall–Kier alpha value is -0.310. The molecule has 0 spiro atoms. The fourth-order valence-corrected chi connectivity index (χ4v) is 1.50. The van der Waals surface area contributed by atoms with Gasteiger partial charge in [-0.15, -0.1) is 0 Å². The van der Waals surface area contributed by atoms with Crippen molar-refractivity contribution in [3.8, 4) is 0 Å². The molecule has 0 aromatic carbocycles. The molecule has 0 unspecified atom stereocenters. The number of hydrogen-bond acceptors (Lipinski definition) is 2. The average molecular weight is 188 g/mol. The van der Waals surface area contributed by atoms with Crippen LogP contribution in [-0.4, -0.2) is 12.1 Å². The highest BCUT2D eigenvalue weighted by molar-refractivity contribution is 7.59. The first-order chi connectivity index (χ1) is 5.06. The van der Waals surface area contributed by atoms with Crippen LogP contribution in [0.4, 0.5) is 0 Å². The summed E-state index contributed by atoms with van der Waals surface area (Å²) in [6.07, 6.45) is 2.89. The summed E-state index contributed by atoms with van der Waals surface area (Å²) >= 11 is 0. The third-order valence-electron chi connectivity index (χ3n) is 2.66. The van der Waals surface area contributed by atoms with E-state index >= 15 is 0 Å². The van der Waals surface area contributed by atoms with Crippen molar-refractivity contribution in [3.05, 3.63) is 0 Å². The Balaban J connectivity index is 0.00000121. The smallest absolute Gasteiger partial charge is 0.133 e. The van der Waals surface area contributed by atoms with Crippen molar-refractivity contribution in [2.45, 2.75) is 33.1 Å². The van der Waals surface area contributed by atoms with Crippen LogP contribution in [0, 0.1) is 11.3 Å². The monoisotopic (exact) mass is 188 g/mol. The summed E-state index contributed by atoms with van der Waals surface area (Å²) in [6, 6.07) is 0. The van der Waals surface area contributed by atoms with E-state index in [1.165, 1.54) is 0 Å². The lowest BCUT2D eigenvalue weighted by atomic mass is 9.69. The Morgan fingerprint density at radius 1 is 1.50 bits per heavy atom. The van der Waals surface area contributed by atoms with Crippen molar-refractivity contribution in [2.24, 2.45) is 11.3 Å². The number of Topliss-reactive ketones (excluding diaryl/α,β-unsaturated/α-hetero) is 1. The maximum atomic E-state index is 11.0. The molecular formula is C9H16O2S. The Kier molecular flexibility index (Phi) is 3.97. The lowest BCUT2D eigenvalue weighted by molar-refractivity contribution is -0.129. The highest BCUT2D eigenvalue weighted by Crippen LogP contribution is 2.37. The molecule has 12 heavy (non-hydrogen) atoms. The molecule has 0 aromatic heterocycles. The van der Waals surface area contributed by atoms with Crippen molar-refractivity contribution in [1.29, 1.82) is 0 Å². The molecule has 0 aromatic rings. The molecular weight excluding hydrogens is 172 g/mol. The lowest BCUT2D eigenvalue weighted by Gasteiger charge is -2.34. The second-order valence-electron chi connectivity index (χ2n) is 3.97. The number of ketones is 1. The van der Waals surface area contributed by atoms with Crippen LogP contribution >= 0.6 is 13.5 Å². The molecule has 1 atom stereocenters.